The molecule has 1 aromatic heterocycles. The number of ether oxygens (including phenoxy) is 1. The Morgan fingerprint density at radius 1 is 1.19 bits per heavy atom. The van der Waals surface area contributed by atoms with Crippen molar-refractivity contribution < 1.29 is 9.53 Å². The van der Waals surface area contributed by atoms with E-state index in [0.717, 1.165) is 56.9 Å². The molecule has 6 nitrogen and oxygen atoms in total. The number of hydrogen-bond donors (Lipinski definition) is 1. The molecule has 2 amide bonds. The second-order valence-electron chi connectivity index (χ2n) is 7.19. The monoisotopic (exact) mass is 354 g/mol. The maximum Gasteiger partial charge on any atom is 0.317 e. The molecule has 2 saturated heterocycles. The van der Waals surface area contributed by atoms with Crippen LogP contribution in [0.5, 0.6) is 0 Å². The number of nitrogens with zero attached hydrogens (tertiary/aromatic N) is 3. The number of rotatable bonds is 5. The standard InChI is InChI=1S/C20H26N4O2/c25-20(23-11-7-16(14-23)17-9-13-26-15-17)21-10-6-18-8-12-24(22-18)19-4-2-1-3-5-19/h1-5,8,12,16-17H,6-7,9-11,13-15H2,(H,21,25). The molecule has 2 aromatic rings. The maximum atomic E-state index is 12.4. The Hall–Kier alpha value is -2.34. The largest absolute Gasteiger partial charge is 0.381 e. The molecule has 26 heavy (non-hydrogen) atoms. The normalized spacial score (nSPS) is 22.7. The molecule has 1 N–H and O–H groups in total. The topological polar surface area (TPSA) is 59.4 Å². The van der Waals surface area contributed by atoms with Crippen molar-refractivity contribution in [2.24, 2.45) is 11.8 Å². The minimum Gasteiger partial charge on any atom is -0.381 e. The SMILES string of the molecule is O=C(NCCc1ccn(-c2ccccc2)n1)N1CCC(C2CCOC2)C1. The molecule has 0 aliphatic carbocycles. The summed E-state index contributed by atoms with van der Waals surface area (Å²) in [4.78, 5) is 14.3. The van der Waals surface area contributed by atoms with Gasteiger partial charge in [-0.1, -0.05) is 18.2 Å². The summed E-state index contributed by atoms with van der Waals surface area (Å²) in [5.74, 6) is 1.24. The summed E-state index contributed by atoms with van der Waals surface area (Å²) in [6.45, 7) is 4.07. The summed E-state index contributed by atoms with van der Waals surface area (Å²) in [7, 11) is 0. The van der Waals surface area contributed by atoms with Crippen LogP contribution in [0.15, 0.2) is 42.6 Å². The lowest BCUT2D eigenvalue weighted by molar-refractivity contribution is 0.170. The molecular formula is C20H26N4O2. The Morgan fingerprint density at radius 3 is 2.88 bits per heavy atom. The molecule has 2 atom stereocenters. The molecule has 1 aromatic carbocycles. The first-order valence-electron chi connectivity index (χ1n) is 9.50. The van der Waals surface area contributed by atoms with Crippen molar-refractivity contribution in [1.29, 1.82) is 0 Å². The van der Waals surface area contributed by atoms with Gasteiger partial charge in [0, 0.05) is 45.5 Å². The van der Waals surface area contributed by atoms with Crippen LogP contribution < -0.4 is 5.32 Å². The predicted molar refractivity (Wildman–Crippen MR) is 99.3 cm³/mol. The second kappa shape index (κ2) is 7.91. The zero-order chi connectivity index (χ0) is 17.8. The number of hydrogen-bond acceptors (Lipinski definition) is 3. The number of likely N-dealkylation sites (tertiary alicyclic amines) is 1. The summed E-state index contributed by atoms with van der Waals surface area (Å²) in [6, 6.07) is 12.1. The molecule has 2 aliphatic heterocycles. The fourth-order valence-corrected chi connectivity index (χ4v) is 3.91. The Bertz CT molecular complexity index is 724. The first-order valence-corrected chi connectivity index (χ1v) is 9.50. The van der Waals surface area contributed by atoms with Gasteiger partial charge < -0.3 is 15.0 Å². The maximum absolute atomic E-state index is 12.4. The van der Waals surface area contributed by atoms with Crippen LogP contribution >= 0.6 is 0 Å². The van der Waals surface area contributed by atoms with Gasteiger partial charge in [-0.15, -0.1) is 0 Å². The summed E-state index contributed by atoms with van der Waals surface area (Å²) in [5, 5.41) is 7.62. The number of nitrogens with one attached hydrogen (secondary N) is 1. The molecule has 0 bridgehead atoms. The number of carbonyl (C=O) groups excluding carboxylic acids is 1. The summed E-state index contributed by atoms with van der Waals surface area (Å²) in [6.07, 6.45) is 4.94. The third-order valence-electron chi connectivity index (χ3n) is 5.47. The zero-order valence-electron chi connectivity index (χ0n) is 15.0. The van der Waals surface area contributed by atoms with E-state index < -0.39 is 0 Å². The Labute approximate surface area is 154 Å². The highest BCUT2D eigenvalue weighted by Gasteiger charge is 2.33. The van der Waals surface area contributed by atoms with Crippen molar-refractivity contribution >= 4 is 6.03 Å². The van der Waals surface area contributed by atoms with Crippen molar-refractivity contribution in [1.82, 2.24) is 20.0 Å². The third-order valence-corrected chi connectivity index (χ3v) is 5.47. The van der Waals surface area contributed by atoms with Crippen LogP contribution in [0.1, 0.15) is 18.5 Å². The van der Waals surface area contributed by atoms with Crippen LogP contribution in [0.2, 0.25) is 0 Å². The van der Waals surface area contributed by atoms with Gasteiger partial charge in [0.25, 0.3) is 0 Å². The Morgan fingerprint density at radius 2 is 2.08 bits per heavy atom. The molecule has 4 rings (SSSR count). The van der Waals surface area contributed by atoms with E-state index in [-0.39, 0.29) is 6.03 Å². The first kappa shape index (κ1) is 17.1. The molecule has 0 radical (unpaired) electrons. The lowest BCUT2D eigenvalue weighted by Crippen LogP contribution is -2.39. The van der Waals surface area contributed by atoms with Gasteiger partial charge in [-0.05, 0) is 42.9 Å². The zero-order valence-corrected chi connectivity index (χ0v) is 15.0. The van der Waals surface area contributed by atoms with E-state index in [1.807, 2.05) is 52.2 Å². The van der Waals surface area contributed by atoms with Crippen LogP contribution in [0, 0.1) is 11.8 Å². The first-order chi connectivity index (χ1) is 12.8. The van der Waals surface area contributed by atoms with Crippen LogP contribution in [0.4, 0.5) is 4.79 Å². The quantitative estimate of drug-likeness (QED) is 0.897. The van der Waals surface area contributed by atoms with Gasteiger partial charge in [0.2, 0.25) is 0 Å². The fourth-order valence-electron chi connectivity index (χ4n) is 3.91. The molecule has 3 heterocycles. The van der Waals surface area contributed by atoms with Gasteiger partial charge in [0.1, 0.15) is 0 Å². The number of benzene rings is 1. The van der Waals surface area contributed by atoms with Crippen LogP contribution in [-0.4, -0.2) is 53.6 Å². The van der Waals surface area contributed by atoms with Crippen LogP contribution in [0.25, 0.3) is 5.69 Å². The lowest BCUT2D eigenvalue weighted by Gasteiger charge is -2.19. The van der Waals surface area contributed by atoms with Gasteiger partial charge in [-0.25, -0.2) is 9.48 Å². The Kier molecular flexibility index (Phi) is 5.20. The van der Waals surface area contributed by atoms with E-state index in [9.17, 15) is 4.79 Å². The minimum absolute atomic E-state index is 0.0499. The molecule has 2 unspecified atom stereocenters. The number of aromatic nitrogens is 2. The molecule has 138 valence electrons. The van der Waals surface area contributed by atoms with Gasteiger partial charge in [-0.2, -0.15) is 5.10 Å². The van der Waals surface area contributed by atoms with Crippen molar-refractivity contribution in [3.8, 4) is 5.69 Å². The van der Waals surface area contributed by atoms with E-state index in [2.05, 4.69) is 10.4 Å². The highest BCUT2D eigenvalue weighted by molar-refractivity contribution is 5.74. The molecule has 0 spiro atoms. The fraction of sp³-hybridized carbons (Fsp3) is 0.500. The predicted octanol–water partition coefficient (Wildman–Crippen LogP) is 2.48. The summed E-state index contributed by atoms with van der Waals surface area (Å²) < 4.78 is 7.35. The highest BCUT2D eigenvalue weighted by Crippen LogP contribution is 2.29. The summed E-state index contributed by atoms with van der Waals surface area (Å²) in [5.41, 5.74) is 2.03. The minimum atomic E-state index is 0.0499. The van der Waals surface area contributed by atoms with Crippen molar-refractivity contribution in [2.45, 2.75) is 19.3 Å². The van der Waals surface area contributed by atoms with Gasteiger partial charge in [0.05, 0.1) is 11.4 Å². The summed E-state index contributed by atoms with van der Waals surface area (Å²) >= 11 is 0. The second-order valence-corrected chi connectivity index (χ2v) is 7.19. The lowest BCUT2D eigenvalue weighted by atomic mass is 9.91. The smallest absolute Gasteiger partial charge is 0.317 e. The van der Waals surface area contributed by atoms with Crippen molar-refractivity contribution in [3.63, 3.8) is 0 Å². The van der Waals surface area contributed by atoms with Crippen LogP contribution in [-0.2, 0) is 11.2 Å². The van der Waals surface area contributed by atoms with E-state index in [1.54, 1.807) is 0 Å². The average Bonchev–Trinajstić information content (AvgIpc) is 3.42. The highest BCUT2D eigenvalue weighted by atomic mass is 16.5. The van der Waals surface area contributed by atoms with E-state index in [1.165, 1.54) is 0 Å². The van der Waals surface area contributed by atoms with E-state index in [0.29, 0.717) is 18.4 Å². The third kappa shape index (κ3) is 3.90. The average molecular weight is 354 g/mol. The molecule has 0 saturated carbocycles. The Balaban J connectivity index is 1.22. The van der Waals surface area contributed by atoms with Gasteiger partial charge >= 0.3 is 6.03 Å². The molecule has 2 fully saturated rings. The van der Waals surface area contributed by atoms with Crippen LogP contribution in [0.3, 0.4) is 0 Å². The number of urea groups is 1. The number of carbonyl (C=O) groups is 1. The number of para-hydroxylation sites is 1. The van der Waals surface area contributed by atoms with Gasteiger partial charge in [-0.3, -0.25) is 0 Å². The van der Waals surface area contributed by atoms with Crippen molar-refractivity contribution in [3.05, 3.63) is 48.3 Å². The van der Waals surface area contributed by atoms with Crippen molar-refractivity contribution in [2.75, 3.05) is 32.8 Å². The molecular weight excluding hydrogens is 328 g/mol. The van der Waals surface area contributed by atoms with E-state index >= 15 is 0 Å². The van der Waals surface area contributed by atoms with Gasteiger partial charge in [0.15, 0.2) is 0 Å². The molecule has 2 aliphatic rings. The van der Waals surface area contributed by atoms with E-state index in [4.69, 9.17) is 4.74 Å². The molecule has 6 heteroatoms. The number of amides is 2.